The fraction of sp³-hybridized carbons (Fsp3) is 0.316. The fourth-order valence-electron chi connectivity index (χ4n) is 2.68. The Labute approximate surface area is 141 Å². The topological polar surface area (TPSA) is 73.6 Å². The van der Waals surface area contributed by atoms with E-state index in [4.69, 9.17) is 15.2 Å². The van der Waals surface area contributed by atoms with Gasteiger partial charge in [-0.15, -0.1) is 0 Å². The highest BCUT2D eigenvalue weighted by atomic mass is 16.5. The molecule has 2 aromatic rings. The quantitative estimate of drug-likeness (QED) is 0.886. The van der Waals surface area contributed by atoms with Gasteiger partial charge in [0, 0.05) is 25.3 Å². The molecule has 1 saturated heterocycles. The van der Waals surface area contributed by atoms with Gasteiger partial charge in [0.15, 0.2) is 0 Å². The van der Waals surface area contributed by atoms with Gasteiger partial charge in [-0.25, -0.2) is 0 Å². The highest BCUT2D eigenvalue weighted by Crippen LogP contribution is 2.25. The van der Waals surface area contributed by atoms with Gasteiger partial charge in [-0.3, -0.25) is 4.79 Å². The van der Waals surface area contributed by atoms with Crippen molar-refractivity contribution in [2.45, 2.75) is 24.9 Å². The number of hydrogen-bond acceptors (Lipinski definition) is 4. The molecule has 1 amide bonds. The standard InChI is InChI=1S/C19H22N2O3/c20-19(10-12-23-13-11-19)18(22)21-14-15-6-4-5-9-17(15)24-16-7-2-1-3-8-16/h1-9H,10-14,20H2,(H,21,22). The van der Waals surface area contributed by atoms with Crippen molar-refractivity contribution in [3.63, 3.8) is 0 Å². The molecule has 5 heteroatoms. The first-order chi connectivity index (χ1) is 11.7. The minimum absolute atomic E-state index is 0.139. The predicted octanol–water partition coefficient (Wildman–Crippen LogP) is 2.60. The van der Waals surface area contributed by atoms with E-state index in [1.807, 2.05) is 54.6 Å². The maximum atomic E-state index is 12.4. The third kappa shape index (κ3) is 3.93. The van der Waals surface area contributed by atoms with E-state index in [-0.39, 0.29) is 5.91 Å². The molecule has 126 valence electrons. The van der Waals surface area contributed by atoms with Crippen LogP contribution in [0, 0.1) is 0 Å². The minimum atomic E-state index is -0.840. The molecule has 0 atom stereocenters. The van der Waals surface area contributed by atoms with Crippen molar-refractivity contribution in [1.29, 1.82) is 0 Å². The first kappa shape index (κ1) is 16.5. The van der Waals surface area contributed by atoms with Gasteiger partial charge in [0.25, 0.3) is 0 Å². The van der Waals surface area contributed by atoms with E-state index in [1.165, 1.54) is 0 Å². The van der Waals surface area contributed by atoms with Gasteiger partial charge in [-0.2, -0.15) is 0 Å². The highest BCUT2D eigenvalue weighted by molar-refractivity contribution is 5.86. The smallest absolute Gasteiger partial charge is 0.240 e. The zero-order chi connectivity index (χ0) is 16.8. The Bertz CT molecular complexity index is 682. The molecule has 1 heterocycles. The Balaban J connectivity index is 1.66. The summed E-state index contributed by atoms with van der Waals surface area (Å²) in [4.78, 5) is 12.4. The minimum Gasteiger partial charge on any atom is -0.457 e. The van der Waals surface area contributed by atoms with E-state index in [9.17, 15) is 4.79 Å². The van der Waals surface area contributed by atoms with E-state index in [2.05, 4.69) is 5.32 Å². The van der Waals surface area contributed by atoms with Crippen molar-refractivity contribution < 1.29 is 14.3 Å². The van der Waals surface area contributed by atoms with Crippen LogP contribution in [0.5, 0.6) is 11.5 Å². The number of nitrogens with one attached hydrogen (secondary N) is 1. The summed E-state index contributed by atoms with van der Waals surface area (Å²) in [6, 6.07) is 17.2. The zero-order valence-electron chi connectivity index (χ0n) is 13.5. The molecular weight excluding hydrogens is 304 g/mol. The van der Waals surface area contributed by atoms with E-state index >= 15 is 0 Å². The summed E-state index contributed by atoms with van der Waals surface area (Å²) in [6.45, 7) is 1.43. The second-order valence-corrected chi connectivity index (χ2v) is 5.97. The summed E-state index contributed by atoms with van der Waals surface area (Å²) in [5.41, 5.74) is 6.27. The van der Waals surface area contributed by atoms with Crippen molar-refractivity contribution in [2.24, 2.45) is 5.73 Å². The molecule has 1 fully saturated rings. The molecule has 24 heavy (non-hydrogen) atoms. The van der Waals surface area contributed by atoms with E-state index in [0.29, 0.717) is 32.6 Å². The number of amides is 1. The van der Waals surface area contributed by atoms with Gasteiger partial charge >= 0.3 is 0 Å². The summed E-state index contributed by atoms with van der Waals surface area (Å²) in [6.07, 6.45) is 1.09. The normalized spacial score (nSPS) is 16.4. The van der Waals surface area contributed by atoms with Crippen LogP contribution >= 0.6 is 0 Å². The lowest BCUT2D eigenvalue weighted by Crippen LogP contribution is -2.56. The highest BCUT2D eigenvalue weighted by Gasteiger charge is 2.35. The van der Waals surface area contributed by atoms with Crippen LogP contribution in [0.3, 0.4) is 0 Å². The largest absolute Gasteiger partial charge is 0.457 e. The summed E-state index contributed by atoms with van der Waals surface area (Å²) in [5.74, 6) is 1.35. The van der Waals surface area contributed by atoms with E-state index in [1.54, 1.807) is 0 Å². The SMILES string of the molecule is NC1(C(=O)NCc2ccccc2Oc2ccccc2)CCOCC1. The van der Waals surface area contributed by atoms with Crippen molar-refractivity contribution in [3.05, 3.63) is 60.2 Å². The number of rotatable bonds is 5. The van der Waals surface area contributed by atoms with E-state index < -0.39 is 5.54 Å². The molecule has 1 aliphatic heterocycles. The van der Waals surface area contributed by atoms with Crippen LogP contribution in [0.1, 0.15) is 18.4 Å². The van der Waals surface area contributed by atoms with Crippen LogP contribution in [-0.2, 0) is 16.1 Å². The molecule has 5 nitrogen and oxygen atoms in total. The number of ether oxygens (including phenoxy) is 2. The first-order valence-corrected chi connectivity index (χ1v) is 8.13. The van der Waals surface area contributed by atoms with Gasteiger partial charge in [-0.1, -0.05) is 36.4 Å². The van der Waals surface area contributed by atoms with Crippen LogP contribution < -0.4 is 15.8 Å². The molecule has 0 aliphatic carbocycles. The van der Waals surface area contributed by atoms with Crippen molar-refractivity contribution in [2.75, 3.05) is 13.2 Å². The molecule has 3 N–H and O–H groups in total. The number of hydrogen-bond donors (Lipinski definition) is 2. The van der Waals surface area contributed by atoms with Gasteiger partial charge in [0.05, 0.1) is 5.54 Å². The Morgan fingerprint density at radius 1 is 1.08 bits per heavy atom. The van der Waals surface area contributed by atoms with Crippen LogP contribution in [0.25, 0.3) is 0 Å². The van der Waals surface area contributed by atoms with Gasteiger partial charge in [-0.05, 0) is 31.0 Å². The van der Waals surface area contributed by atoms with Gasteiger partial charge < -0.3 is 20.5 Å². The molecule has 1 aliphatic rings. The molecule has 0 spiro atoms. The average Bonchev–Trinajstić information content (AvgIpc) is 2.62. The van der Waals surface area contributed by atoms with Crippen LogP contribution in [-0.4, -0.2) is 24.7 Å². The summed E-state index contributed by atoms with van der Waals surface area (Å²) in [7, 11) is 0. The molecule has 2 aromatic carbocycles. The number of para-hydroxylation sites is 2. The molecule has 0 saturated carbocycles. The molecule has 0 unspecified atom stereocenters. The summed E-state index contributed by atoms with van der Waals surface area (Å²) >= 11 is 0. The number of nitrogens with two attached hydrogens (primary N) is 1. The van der Waals surface area contributed by atoms with E-state index in [0.717, 1.165) is 17.1 Å². The average molecular weight is 326 g/mol. The maximum Gasteiger partial charge on any atom is 0.240 e. The molecule has 3 rings (SSSR count). The third-order valence-corrected chi connectivity index (χ3v) is 4.22. The second-order valence-electron chi connectivity index (χ2n) is 5.97. The Hall–Kier alpha value is -2.37. The second kappa shape index (κ2) is 7.47. The van der Waals surface area contributed by atoms with Gasteiger partial charge in [0.2, 0.25) is 5.91 Å². The number of benzene rings is 2. The number of carbonyl (C=O) groups is 1. The predicted molar refractivity (Wildman–Crippen MR) is 91.8 cm³/mol. The van der Waals surface area contributed by atoms with Crippen LogP contribution in [0.4, 0.5) is 0 Å². The zero-order valence-corrected chi connectivity index (χ0v) is 13.5. The molecule has 0 bridgehead atoms. The molecule has 0 radical (unpaired) electrons. The Morgan fingerprint density at radius 3 is 2.50 bits per heavy atom. The Kier molecular flexibility index (Phi) is 5.13. The molecular formula is C19H22N2O3. The lowest BCUT2D eigenvalue weighted by Gasteiger charge is -2.31. The van der Waals surface area contributed by atoms with Gasteiger partial charge in [0.1, 0.15) is 11.5 Å². The van der Waals surface area contributed by atoms with Crippen LogP contribution in [0.15, 0.2) is 54.6 Å². The van der Waals surface area contributed by atoms with Crippen molar-refractivity contribution in [3.8, 4) is 11.5 Å². The Morgan fingerprint density at radius 2 is 1.75 bits per heavy atom. The lowest BCUT2D eigenvalue weighted by atomic mass is 9.90. The fourth-order valence-corrected chi connectivity index (χ4v) is 2.68. The van der Waals surface area contributed by atoms with Crippen molar-refractivity contribution >= 4 is 5.91 Å². The maximum absolute atomic E-state index is 12.4. The first-order valence-electron chi connectivity index (χ1n) is 8.13. The van der Waals surface area contributed by atoms with Crippen LogP contribution in [0.2, 0.25) is 0 Å². The lowest BCUT2D eigenvalue weighted by molar-refractivity contribution is -0.129. The monoisotopic (exact) mass is 326 g/mol. The number of carbonyl (C=O) groups excluding carboxylic acids is 1. The molecule has 0 aromatic heterocycles. The third-order valence-electron chi connectivity index (χ3n) is 4.22. The summed E-state index contributed by atoms with van der Waals surface area (Å²) < 4.78 is 11.2. The summed E-state index contributed by atoms with van der Waals surface area (Å²) in [5, 5.41) is 2.94. The van der Waals surface area contributed by atoms with Crippen molar-refractivity contribution in [1.82, 2.24) is 5.32 Å².